The van der Waals surface area contributed by atoms with Crippen LogP contribution in [0.2, 0.25) is 0 Å². The number of sulfonamides is 1. The van der Waals surface area contributed by atoms with Crippen molar-refractivity contribution >= 4 is 27.6 Å². The van der Waals surface area contributed by atoms with Gasteiger partial charge in [-0.3, -0.25) is 4.79 Å². The number of rotatable bonds is 5. The minimum absolute atomic E-state index is 0.168. The van der Waals surface area contributed by atoms with Crippen molar-refractivity contribution in [2.24, 2.45) is 0 Å². The van der Waals surface area contributed by atoms with Crippen LogP contribution in [0.4, 0.5) is 5.69 Å². The van der Waals surface area contributed by atoms with Gasteiger partial charge in [0.25, 0.3) is 5.91 Å². The zero-order valence-corrected chi connectivity index (χ0v) is 17.3. The number of methoxy groups -OCH3 is 1. The number of amides is 1. The molecule has 0 saturated carbocycles. The van der Waals surface area contributed by atoms with Gasteiger partial charge in [0.1, 0.15) is 0 Å². The number of carbonyl (C=O) groups is 2. The van der Waals surface area contributed by atoms with Gasteiger partial charge >= 0.3 is 5.97 Å². The summed E-state index contributed by atoms with van der Waals surface area (Å²) in [6, 6.07) is 10.9. The molecule has 29 heavy (non-hydrogen) atoms. The van der Waals surface area contributed by atoms with Gasteiger partial charge in [0.2, 0.25) is 10.0 Å². The minimum atomic E-state index is -3.55. The summed E-state index contributed by atoms with van der Waals surface area (Å²) in [5, 5.41) is 2.70. The van der Waals surface area contributed by atoms with Crippen LogP contribution in [-0.4, -0.2) is 44.8 Å². The van der Waals surface area contributed by atoms with E-state index >= 15 is 0 Å². The van der Waals surface area contributed by atoms with Crippen molar-refractivity contribution in [2.45, 2.75) is 31.1 Å². The van der Waals surface area contributed by atoms with Gasteiger partial charge in [-0.05, 0) is 55.7 Å². The number of hydrogen-bond acceptors (Lipinski definition) is 5. The number of esters is 1. The van der Waals surface area contributed by atoms with E-state index in [1.165, 1.54) is 35.7 Å². The third kappa shape index (κ3) is 4.49. The van der Waals surface area contributed by atoms with Crippen molar-refractivity contribution in [1.82, 2.24) is 4.31 Å². The number of anilines is 1. The van der Waals surface area contributed by atoms with Gasteiger partial charge < -0.3 is 10.1 Å². The molecule has 0 radical (unpaired) electrons. The van der Waals surface area contributed by atoms with Crippen molar-refractivity contribution in [3.63, 3.8) is 0 Å². The van der Waals surface area contributed by atoms with Crippen LogP contribution in [0.1, 0.15) is 45.5 Å². The Labute approximate surface area is 170 Å². The number of aryl methyl sites for hydroxylation is 1. The molecule has 0 spiro atoms. The molecule has 1 heterocycles. The Morgan fingerprint density at radius 3 is 2.28 bits per heavy atom. The molecule has 2 aromatic rings. The molecule has 1 aliphatic heterocycles. The normalized spacial score (nSPS) is 15.0. The summed E-state index contributed by atoms with van der Waals surface area (Å²) in [6.45, 7) is 2.80. The van der Waals surface area contributed by atoms with Crippen LogP contribution < -0.4 is 5.32 Å². The van der Waals surface area contributed by atoms with E-state index in [1.54, 1.807) is 25.1 Å². The van der Waals surface area contributed by atoms with E-state index in [-0.39, 0.29) is 10.5 Å². The van der Waals surface area contributed by atoms with E-state index in [0.29, 0.717) is 29.9 Å². The molecular weight excluding hydrogens is 392 g/mol. The topological polar surface area (TPSA) is 92.8 Å². The van der Waals surface area contributed by atoms with Crippen LogP contribution in [0.5, 0.6) is 0 Å². The Hall–Kier alpha value is -2.71. The molecule has 1 saturated heterocycles. The van der Waals surface area contributed by atoms with E-state index in [9.17, 15) is 18.0 Å². The summed E-state index contributed by atoms with van der Waals surface area (Å²) in [5.41, 5.74) is 1.59. The molecule has 0 bridgehead atoms. The van der Waals surface area contributed by atoms with Crippen molar-refractivity contribution in [3.8, 4) is 0 Å². The lowest BCUT2D eigenvalue weighted by Crippen LogP contribution is -2.35. The first-order valence-electron chi connectivity index (χ1n) is 9.44. The predicted molar refractivity (Wildman–Crippen MR) is 110 cm³/mol. The Balaban J connectivity index is 1.80. The van der Waals surface area contributed by atoms with Crippen molar-refractivity contribution in [3.05, 3.63) is 59.2 Å². The second-order valence-corrected chi connectivity index (χ2v) is 8.87. The highest BCUT2D eigenvalue weighted by Gasteiger charge is 2.26. The Morgan fingerprint density at radius 1 is 1.00 bits per heavy atom. The number of piperidine rings is 1. The molecule has 2 aromatic carbocycles. The third-order valence-electron chi connectivity index (χ3n) is 4.98. The summed E-state index contributed by atoms with van der Waals surface area (Å²) in [4.78, 5) is 24.8. The highest BCUT2D eigenvalue weighted by atomic mass is 32.2. The van der Waals surface area contributed by atoms with Gasteiger partial charge in [-0.1, -0.05) is 18.6 Å². The molecule has 8 heteroatoms. The van der Waals surface area contributed by atoms with Gasteiger partial charge in [0.05, 0.1) is 23.3 Å². The minimum Gasteiger partial charge on any atom is -0.465 e. The average Bonchev–Trinajstić information content (AvgIpc) is 2.74. The Bertz CT molecular complexity index is 1010. The largest absolute Gasteiger partial charge is 0.465 e. The molecule has 0 aliphatic carbocycles. The van der Waals surface area contributed by atoms with E-state index in [2.05, 4.69) is 5.32 Å². The Kier molecular flexibility index (Phi) is 6.34. The highest BCUT2D eigenvalue weighted by Crippen LogP contribution is 2.23. The summed E-state index contributed by atoms with van der Waals surface area (Å²) < 4.78 is 31.7. The molecule has 7 nitrogen and oxygen atoms in total. The SMILES string of the molecule is COC(=O)c1c(C)cccc1NC(=O)c1ccc(S(=O)(=O)N2CCCCC2)cc1. The summed E-state index contributed by atoms with van der Waals surface area (Å²) >= 11 is 0. The number of benzene rings is 2. The fourth-order valence-corrected chi connectivity index (χ4v) is 4.89. The van der Waals surface area contributed by atoms with Gasteiger partial charge in [0.15, 0.2) is 0 Å². The fourth-order valence-electron chi connectivity index (χ4n) is 3.37. The number of ether oxygens (including phenoxy) is 1. The van der Waals surface area contributed by atoms with Crippen LogP contribution in [0.15, 0.2) is 47.4 Å². The first-order valence-corrected chi connectivity index (χ1v) is 10.9. The van der Waals surface area contributed by atoms with Gasteiger partial charge in [0, 0.05) is 18.7 Å². The highest BCUT2D eigenvalue weighted by molar-refractivity contribution is 7.89. The number of nitrogens with one attached hydrogen (secondary N) is 1. The first kappa shape index (κ1) is 21.0. The molecule has 3 rings (SSSR count). The first-order chi connectivity index (χ1) is 13.8. The quantitative estimate of drug-likeness (QED) is 0.756. The van der Waals surface area contributed by atoms with Crippen LogP contribution in [0.25, 0.3) is 0 Å². The molecule has 1 amide bonds. The molecule has 1 aliphatic rings. The Morgan fingerprint density at radius 2 is 1.66 bits per heavy atom. The lowest BCUT2D eigenvalue weighted by molar-refractivity contribution is 0.0601. The maximum Gasteiger partial charge on any atom is 0.340 e. The van der Waals surface area contributed by atoms with Gasteiger partial charge in [-0.25, -0.2) is 13.2 Å². The van der Waals surface area contributed by atoms with Crippen LogP contribution in [-0.2, 0) is 14.8 Å². The van der Waals surface area contributed by atoms with Crippen molar-refractivity contribution in [2.75, 3.05) is 25.5 Å². The maximum atomic E-state index is 12.7. The van der Waals surface area contributed by atoms with Crippen molar-refractivity contribution in [1.29, 1.82) is 0 Å². The third-order valence-corrected chi connectivity index (χ3v) is 6.89. The second-order valence-electron chi connectivity index (χ2n) is 6.93. The molecule has 154 valence electrons. The lowest BCUT2D eigenvalue weighted by atomic mass is 10.1. The molecule has 1 N–H and O–H groups in total. The van der Waals surface area contributed by atoms with Crippen LogP contribution >= 0.6 is 0 Å². The van der Waals surface area contributed by atoms with E-state index < -0.39 is 21.9 Å². The zero-order valence-electron chi connectivity index (χ0n) is 16.5. The molecular formula is C21H24N2O5S. The summed E-state index contributed by atoms with van der Waals surface area (Å²) in [7, 11) is -2.27. The lowest BCUT2D eigenvalue weighted by Gasteiger charge is -2.25. The van der Waals surface area contributed by atoms with E-state index in [0.717, 1.165) is 19.3 Å². The second kappa shape index (κ2) is 8.75. The number of nitrogens with zero attached hydrogens (tertiary/aromatic N) is 1. The fraction of sp³-hybridized carbons (Fsp3) is 0.333. The molecule has 0 unspecified atom stereocenters. The maximum absolute atomic E-state index is 12.7. The van der Waals surface area contributed by atoms with E-state index in [1.807, 2.05) is 0 Å². The summed E-state index contributed by atoms with van der Waals surface area (Å²) in [6.07, 6.45) is 2.76. The van der Waals surface area contributed by atoms with Crippen molar-refractivity contribution < 1.29 is 22.7 Å². The smallest absolute Gasteiger partial charge is 0.340 e. The molecule has 1 fully saturated rings. The zero-order chi connectivity index (χ0) is 21.0. The van der Waals surface area contributed by atoms with Gasteiger partial charge in [-0.2, -0.15) is 4.31 Å². The van der Waals surface area contributed by atoms with Gasteiger partial charge in [-0.15, -0.1) is 0 Å². The molecule has 0 aromatic heterocycles. The summed E-state index contributed by atoms with van der Waals surface area (Å²) in [5.74, 6) is -0.982. The molecule has 0 atom stereocenters. The number of carbonyl (C=O) groups excluding carboxylic acids is 2. The van der Waals surface area contributed by atoms with E-state index in [4.69, 9.17) is 4.74 Å². The monoisotopic (exact) mass is 416 g/mol. The van der Waals surface area contributed by atoms with Crippen LogP contribution in [0.3, 0.4) is 0 Å². The average molecular weight is 416 g/mol. The predicted octanol–water partition coefficient (Wildman–Crippen LogP) is 3.21. The number of hydrogen-bond donors (Lipinski definition) is 1. The van der Waals surface area contributed by atoms with Crippen LogP contribution in [0, 0.1) is 6.92 Å². The standard InChI is InChI=1S/C21H24N2O5S/c1-15-7-6-8-18(19(15)21(25)28-2)22-20(24)16-9-11-17(12-10-16)29(26,27)23-13-4-3-5-14-23/h6-12H,3-5,13-14H2,1-2H3,(H,22,24).